The Balaban J connectivity index is 1.94. The van der Waals surface area contributed by atoms with Crippen molar-refractivity contribution >= 4 is 15.9 Å². The third-order valence-electron chi connectivity index (χ3n) is 2.81. The van der Waals surface area contributed by atoms with Crippen LogP contribution in [0.4, 0.5) is 0 Å². The van der Waals surface area contributed by atoms with E-state index < -0.39 is 0 Å². The van der Waals surface area contributed by atoms with Crippen molar-refractivity contribution in [2.75, 3.05) is 0 Å². The van der Waals surface area contributed by atoms with Gasteiger partial charge in [0.05, 0.1) is 12.6 Å². The van der Waals surface area contributed by atoms with E-state index in [0.717, 1.165) is 28.1 Å². The zero-order valence-electron chi connectivity index (χ0n) is 10.2. The van der Waals surface area contributed by atoms with Crippen molar-refractivity contribution in [3.63, 3.8) is 0 Å². The van der Waals surface area contributed by atoms with Gasteiger partial charge in [-0.25, -0.2) is 0 Å². The van der Waals surface area contributed by atoms with Crippen molar-refractivity contribution in [1.29, 1.82) is 0 Å². The van der Waals surface area contributed by atoms with E-state index in [0.29, 0.717) is 0 Å². The fraction of sp³-hybridized carbons (Fsp3) is 0.286. The molecule has 0 spiro atoms. The summed E-state index contributed by atoms with van der Waals surface area (Å²) in [4.78, 5) is 0. The molecule has 2 rings (SSSR count). The maximum atomic E-state index is 9.08. The van der Waals surface area contributed by atoms with Crippen molar-refractivity contribution in [3.8, 4) is 0 Å². The quantitative estimate of drug-likeness (QED) is 0.890. The summed E-state index contributed by atoms with van der Waals surface area (Å²) in [6.45, 7) is 2.88. The van der Waals surface area contributed by atoms with Crippen LogP contribution in [0.25, 0.3) is 0 Å². The highest BCUT2D eigenvalue weighted by Crippen LogP contribution is 2.20. The fourth-order valence-corrected chi connectivity index (χ4v) is 2.09. The van der Waals surface area contributed by atoms with Gasteiger partial charge in [0.2, 0.25) is 0 Å². The Morgan fingerprint density at radius 1 is 1.28 bits per heavy atom. The summed E-state index contributed by atoms with van der Waals surface area (Å²) in [7, 11) is 0. The van der Waals surface area contributed by atoms with Crippen LogP contribution in [0, 0.1) is 0 Å². The SMILES string of the molecule is CC(NCc1cccc(CO)c1)c1ccc(Br)o1. The minimum atomic E-state index is 0.0779. The van der Waals surface area contributed by atoms with Crippen molar-refractivity contribution in [2.24, 2.45) is 0 Å². The number of benzene rings is 1. The van der Waals surface area contributed by atoms with Gasteiger partial charge in [-0.05, 0) is 46.1 Å². The lowest BCUT2D eigenvalue weighted by molar-refractivity contribution is 0.281. The molecule has 1 atom stereocenters. The van der Waals surface area contributed by atoms with Crippen LogP contribution in [0.2, 0.25) is 0 Å². The van der Waals surface area contributed by atoms with Crippen LogP contribution in [0.5, 0.6) is 0 Å². The van der Waals surface area contributed by atoms with Crippen LogP contribution in [0.3, 0.4) is 0 Å². The minimum Gasteiger partial charge on any atom is -0.453 e. The maximum absolute atomic E-state index is 9.08. The van der Waals surface area contributed by atoms with E-state index in [1.807, 2.05) is 36.4 Å². The van der Waals surface area contributed by atoms with Gasteiger partial charge in [-0.1, -0.05) is 24.3 Å². The van der Waals surface area contributed by atoms with E-state index in [1.165, 1.54) is 0 Å². The molecule has 18 heavy (non-hydrogen) atoms. The third kappa shape index (κ3) is 3.45. The highest BCUT2D eigenvalue weighted by atomic mass is 79.9. The van der Waals surface area contributed by atoms with E-state index in [9.17, 15) is 0 Å². The fourth-order valence-electron chi connectivity index (χ4n) is 1.77. The highest BCUT2D eigenvalue weighted by molar-refractivity contribution is 9.10. The van der Waals surface area contributed by atoms with Crippen LogP contribution in [-0.2, 0) is 13.2 Å². The standard InChI is InChI=1S/C14H16BrNO2/c1-10(13-5-6-14(15)18-13)16-8-11-3-2-4-12(7-11)9-17/h2-7,10,16-17H,8-9H2,1H3. The molecular weight excluding hydrogens is 294 g/mol. The van der Waals surface area contributed by atoms with Gasteiger partial charge in [0.1, 0.15) is 5.76 Å². The zero-order valence-corrected chi connectivity index (χ0v) is 11.8. The first-order valence-electron chi connectivity index (χ1n) is 5.86. The molecular formula is C14H16BrNO2. The van der Waals surface area contributed by atoms with Gasteiger partial charge >= 0.3 is 0 Å². The maximum Gasteiger partial charge on any atom is 0.169 e. The first kappa shape index (κ1) is 13.3. The van der Waals surface area contributed by atoms with Crippen molar-refractivity contribution in [2.45, 2.75) is 26.1 Å². The lowest BCUT2D eigenvalue weighted by Crippen LogP contribution is -2.17. The molecule has 0 aliphatic carbocycles. The van der Waals surface area contributed by atoms with Crippen molar-refractivity contribution in [1.82, 2.24) is 5.32 Å². The molecule has 3 nitrogen and oxygen atoms in total. The number of hydrogen-bond acceptors (Lipinski definition) is 3. The molecule has 0 aliphatic heterocycles. The van der Waals surface area contributed by atoms with Gasteiger partial charge in [-0.3, -0.25) is 0 Å². The molecule has 1 heterocycles. The monoisotopic (exact) mass is 309 g/mol. The Hall–Kier alpha value is -1.10. The topological polar surface area (TPSA) is 45.4 Å². The molecule has 2 aromatic rings. The number of aliphatic hydroxyl groups is 1. The average molecular weight is 310 g/mol. The summed E-state index contributed by atoms with van der Waals surface area (Å²) in [5.41, 5.74) is 2.08. The van der Waals surface area contributed by atoms with Gasteiger partial charge in [0.15, 0.2) is 4.67 Å². The molecule has 0 radical (unpaired) electrons. The normalized spacial score (nSPS) is 12.6. The van der Waals surface area contributed by atoms with Crippen LogP contribution in [0.1, 0.15) is 29.9 Å². The van der Waals surface area contributed by atoms with Crippen LogP contribution >= 0.6 is 15.9 Å². The van der Waals surface area contributed by atoms with Gasteiger partial charge in [0.25, 0.3) is 0 Å². The Morgan fingerprint density at radius 3 is 2.72 bits per heavy atom. The molecule has 0 amide bonds. The number of hydrogen-bond donors (Lipinski definition) is 2. The molecule has 2 N–H and O–H groups in total. The summed E-state index contributed by atoms with van der Waals surface area (Å²) in [5.74, 6) is 0.903. The number of rotatable bonds is 5. The second-order valence-electron chi connectivity index (χ2n) is 4.22. The molecule has 96 valence electrons. The number of furan rings is 1. The third-order valence-corrected chi connectivity index (χ3v) is 3.23. The van der Waals surface area contributed by atoms with Crippen LogP contribution in [-0.4, -0.2) is 5.11 Å². The lowest BCUT2D eigenvalue weighted by Gasteiger charge is -2.11. The van der Waals surface area contributed by atoms with Crippen LogP contribution < -0.4 is 5.32 Å². The summed E-state index contributed by atoms with van der Waals surface area (Å²) >= 11 is 3.29. The number of nitrogens with one attached hydrogen (secondary N) is 1. The molecule has 0 saturated carbocycles. The van der Waals surface area contributed by atoms with Crippen molar-refractivity contribution in [3.05, 3.63) is 58.0 Å². The Labute approximate surface area is 115 Å². The number of halogens is 1. The highest BCUT2D eigenvalue weighted by Gasteiger charge is 2.09. The molecule has 1 unspecified atom stereocenters. The summed E-state index contributed by atoms with van der Waals surface area (Å²) < 4.78 is 6.24. The van der Waals surface area contributed by atoms with Gasteiger partial charge in [0, 0.05) is 6.54 Å². The second-order valence-corrected chi connectivity index (χ2v) is 5.00. The predicted molar refractivity (Wildman–Crippen MR) is 74.0 cm³/mol. The Bertz CT molecular complexity index is 510. The molecule has 0 bridgehead atoms. The van der Waals surface area contributed by atoms with Crippen LogP contribution in [0.15, 0.2) is 45.5 Å². The zero-order chi connectivity index (χ0) is 13.0. The van der Waals surface area contributed by atoms with E-state index in [2.05, 4.69) is 28.2 Å². The van der Waals surface area contributed by atoms with Gasteiger partial charge in [-0.15, -0.1) is 0 Å². The lowest BCUT2D eigenvalue weighted by atomic mass is 10.1. The number of aliphatic hydroxyl groups excluding tert-OH is 1. The summed E-state index contributed by atoms with van der Waals surface area (Å²) in [6.07, 6.45) is 0. The first-order valence-corrected chi connectivity index (χ1v) is 6.65. The Morgan fingerprint density at radius 2 is 2.06 bits per heavy atom. The van der Waals surface area contributed by atoms with Crippen molar-refractivity contribution < 1.29 is 9.52 Å². The first-order chi connectivity index (χ1) is 8.69. The van der Waals surface area contributed by atoms with Gasteiger partial charge in [-0.2, -0.15) is 0 Å². The smallest absolute Gasteiger partial charge is 0.169 e. The second kappa shape index (κ2) is 6.18. The van der Waals surface area contributed by atoms with E-state index in [1.54, 1.807) is 0 Å². The molecule has 4 heteroatoms. The summed E-state index contributed by atoms with van der Waals surface area (Å²) in [5, 5.41) is 12.5. The van der Waals surface area contributed by atoms with E-state index in [-0.39, 0.29) is 12.6 Å². The predicted octanol–water partition coefficient (Wildman–Crippen LogP) is 3.39. The summed E-state index contributed by atoms with van der Waals surface area (Å²) in [6, 6.07) is 11.9. The Kier molecular flexibility index (Phi) is 4.58. The minimum absolute atomic E-state index is 0.0779. The molecule has 0 fully saturated rings. The molecule has 1 aromatic heterocycles. The molecule has 0 aliphatic rings. The average Bonchev–Trinajstić information content (AvgIpc) is 2.83. The molecule has 1 aromatic carbocycles. The van der Waals surface area contributed by atoms with E-state index >= 15 is 0 Å². The van der Waals surface area contributed by atoms with E-state index in [4.69, 9.17) is 9.52 Å². The molecule has 0 saturated heterocycles. The van der Waals surface area contributed by atoms with Gasteiger partial charge < -0.3 is 14.8 Å². The largest absolute Gasteiger partial charge is 0.453 e.